The molecule has 0 radical (unpaired) electrons. The number of nitrogens with one attached hydrogen (secondary N) is 3. The van der Waals surface area contributed by atoms with Crippen molar-refractivity contribution in [3.8, 4) is 0 Å². The number of benzene rings is 2. The number of unbranched alkanes of at least 4 members (excludes halogenated alkanes) is 1. The predicted molar refractivity (Wildman–Crippen MR) is 229 cm³/mol. The van der Waals surface area contributed by atoms with E-state index in [4.69, 9.17) is 0 Å². The van der Waals surface area contributed by atoms with E-state index in [1.165, 1.54) is 110 Å². The van der Waals surface area contributed by atoms with Crippen LogP contribution in [0.25, 0.3) is 18.0 Å². The van der Waals surface area contributed by atoms with Crippen molar-refractivity contribution in [1.82, 2.24) is 16.0 Å². The lowest BCUT2D eigenvalue weighted by Gasteiger charge is -2.20. The van der Waals surface area contributed by atoms with Gasteiger partial charge in [0, 0.05) is 30.2 Å². The highest BCUT2D eigenvalue weighted by Gasteiger charge is 2.09. The van der Waals surface area contributed by atoms with Gasteiger partial charge in [-0.1, -0.05) is 159 Å². The normalized spacial score (nSPS) is 14.0. The second-order valence-corrected chi connectivity index (χ2v) is 13.5. The molecule has 1 atom stereocenters. The Hall–Kier alpha value is -3.30. The zero-order valence-corrected chi connectivity index (χ0v) is 34.2. The number of rotatable bonds is 16. The van der Waals surface area contributed by atoms with E-state index in [2.05, 4.69) is 133 Å². The van der Waals surface area contributed by atoms with Crippen LogP contribution in [0.2, 0.25) is 0 Å². The van der Waals surface area contributed by atoms with Gasteiger partial charge in [0.05, 0.1) is 0 Å². The molecular weight excluding hydrogens is 607 g/mol. The monoisotopic (exact) mass is 684 g/mol. The largest absolute Gasteiger partial charge is 0.391 e. The minimum Gasteiger partial charge on any atom is -0.391 e. The Kier molecular flexibility index (Phi) is 27.5. The molecule has 1 fully saturated rings. The van der Waals surface area contributed by atoms with Gasteiger partial charge in [-0.3, -0.25) is 0 Å². The molecule has 3 N–H and O–H groups in total. The van der Waals surface area contributed by atoms with Crippen LogP contribution in [0.15, 0.2) is 79.6 Å². The fourth-order valence-corrected chi connectivity index (χ4v) is 6.10. The van der Waals surface area contributed by atoms with Crippen molar-refractivity contribution in [3.05, 3.63) is 112 Å². The summed E-state index contributed by atoms with van der Waals surface area (Å²) in [5.41, 5.74) is 8.36. The molecule has 0 aliphatic carbocycles. The maximum Gasteiger partial charge on any atom is 0.0383 e. The Balaban J connectivity index is 0.000000882. The van der Waals surface area contributed by atoms with E-state index in [1.807, 2.05) is 33.2 Å². The van der Waals surface area contributed by atoms with Crippen molar-refractivity contribution in [3.63, 3.8) is 0 Å². The maximum absolute atomic E-state index is 4.19. The van der Waals surface area contributed by atoms with E-state index < -0.39 is 0 Å². The Morgan fingerprint density at radius 1 is 0.920 bits per heavy atom. The van der Waals surface area contributed by atoms with Crippen LogP contribution in [-0.2, 0) is 6.42 Å². The molecule has 2 aromatic rings. The summed E-state index contributed by atoms with van der Waals surface area (Å²) >= 11 is 0. The van der Waals surface area contributed by atoms with Gasteiger partial charge in [0.15, 0.2) is 0 Å². The first-order valence-electron chi connectivity index (χ1n) is 19.8. The maximum atomic E-state index is 4.19. The first-order valence-corrected chi connectivity index (χ1v) is 19.8. The summed E-state index contributed by atoms with van der Waals surface area (Å²) in [6.07, 6.45) is 22.4. The summed E-state index contributed by atoms with van der Waals surface area (Å²) in [6, 6.07) is 12.8. The summed E-state index contributed by atoms with van der Waals surface area (Å²) in [6.45, 7) is 34.2. The zero-order chi connectivity index (χ0) is 37.7. The van der Waals surface area contributed by atoms with Gasteiger partial charge in [0.1, 0.15) is 0 Å². The van der Waals surface area contributed by atoms with Crippen molar-refractivity contribution < 1.29 is 0 Å². The van der Waals surface area contributed by atoms with Crippen molar-refractivity contribution >= 4 is 18.0 Å². The minimum atomic E-state index is 0.914. The van der Waals surface area contributed by atoms with Crippen LogP contribution in [0.1, 0.15) is 135 Å². The van der Waals surface area contributed by atoms with Gasteiger partial charge in [0.25, 0.3) is 0 Å². The van der Waals surface area contributed by atoms with Crippen LogP contribution >= 0.6 is 0 Å². The zero-order valence-electron chi connectivity index (χ0n) is 34.2. The van der Waals surface area contributed by atoms with Gasteiger partial charge in [-0.15, -0.1) is 0 Å². The van der Waals surface area contributed by atoms with E-state index in [1.54, 1.807) is 0 Å². The average molecular weight is 684 g/mol. The molecule has 1 saturated heterocycles. The first-order chi connectivity index (χ1) is 24.1. The molecule has 1 aliphatic rings. The summed E-state index contributed by atoms with van der Waals surface area (Å²) in [4.78, 5) is 0. The fraction of sp³-hybridized carbons (Fsp3) is 0.532. The van der Waals surface area contributed by atoms with E-state index in [0.717, 1.165) is 35.6 Å². The fourth-order valence-electron chi connectivity index (χ4n) is 6.10. The lowest BCUT2D eigenvalue weighted by molar-refractivity contribution is 0.365. The number of aryl methyl sites for hydroxylation is 3. The molecule has 3 nitrogen and oxygen atoms in total. The number of hydrogen-bond acceptors (Lipinski definition) is 3. The second kappa shape index (κ2) is 29.4. The number of hydrogen-bond donors (Lipinski definition) is 3. The van der Waals surface area contributed by atoms with E-state index in [-0.39, 0.29) is 0 Å². The molecule has 3 rings (SSSR count). The van der Waals surface area contributed by atoms with Gasteiger partial charge >= 0.3 is 0 Å². The molecule has 280 valence electrons. The van der Waals surface area contributed by atoms with Crippen LogP contribution in [0.5, 0.6) is 0 Å². The standard InChI is InChI=1S/C27H41N.C11H15N.C7H15N.C2H6/c1-7-14-25(8-2)17-11-10-15-22(4)16-12-13-20-28-24(6)27-21-23(5)18-19-26(27)9-3;1-8-5-6-11(9(2)7-8)10(3)12-4;1-2-7-3-5-8-6-4-7;1-2/h12-13,16,18-21,25,28H,4,6-11,14-15,17H2,1-3,5H3;5-7,12H,2H2,1,3-4H3;7-8H,2-6H2,1H3;1-2H3/b16-12-,20-13+;11-10-;;. The predicted octanol–water partition coefficient (Wildman–Crippen LogP) is 11.3. The summed E-state index contributed by atoms with van der Waals surface area (Å²) < 4.78 is 0. The molecule has 0 spiro atoms. The first kappa shape index (κ1) is 46.7. The van der Waals surface area contributed by atoms with Gasteiger partial charge in [-0.2, -0.15) is 0 Å². The minimum absolute atomic E-state index is 0.914. The van der Waals surface area contributed by atoms with Crippen molar-refractivity contribution in [2.75, 3.05) is 20.1 Å². The molecule has 3 heteroatoms. The van der Waals surface area contributed by atoms with Crippen molar-refractivity contribution in [1.29, 1.82) is 0 Å². The number of allylic oxidation sites excluding steroid dienone is 4. The van der Waals surface area contributed by atoms with Crippen LogP contribution in [0, 0.1) is 25.7 Å². The van der Waals surface area contributed by atoms with Crippen LogP contribution in [-0.4, -0.2) is 20.1 Å². The topological polar surface area (TPSA) is 36.1 Å². The van der Waals surface area contributed by atoms with Gasteiger partial charge in [-0.25, -0.2) is 0 Å². The lowest BCUT2D eigenvalue weighted by Crippen LogP contribution is -2.28. The van der Waals surface area contributed by atoms with Crippen LogP contribution in [0.4, 0.5) is 0 Å². The summed E-state index contributed by atoms with van der Waals surface area (Å²) in [7, 11) is 1.93. The molecule has 0 aromatic heterocycles. The molecule has 2 aromatic carbocycles. The Morgan fingerprint density at radius 2 is 1.58 bits per heavy atom. The van der Waals surface area contributed by atoms with Crippen LogP contribution in [0.3, 0.4) is 0 Å². The second-order valence-electron chi connectivity index (χ2n) is 13.5. The molecule has 0 amide bonds. The Bertz CT molecular complexity index is 1370. The molecule has 50 heavy (non-hydrogen) atoms. The lowest BCUT2D eigenvalue weighted by atomic mass is 9.93. The quantitative estimate of drug-likeness (QED) is 0.122. The average Bonchev–Trinajstić information content (AvgIpc) is 3.14. The third kappa shape index (κ3) is 20.4. The molecule has 1 aliphatic heterocycles. The Morgan fingerprint density at radius 3 is 2.14 bits per heavy atom. The van der Waals surface area contributed by atoms with Gasteiger partial charge < -0.3 is 16.0 Å². The van der Waals surface area contributed by atoms with Crippen LogP contribution < -0.4 is 26.4 Å². The third-order valence-electron chi connectivity index (χ3n) is 9.48. The number of piperidine rings is 1. The highest BCUT2D eigenvalue weighted by Crippen LogP contribution is 2.20. The highest BCUT2D eigenvalue weighted by atomic mass is 14.9. The van der Waals surface area contributed by atoms with Gasteiger partial charge in [0.2, 0.25) is 0 Å². The van der Waals surface area contributed by atoms with E-state index >= 15 is 0 Å². The summed E-state index contributed by atoms with van der Waals surface area (Å²) in [5.74, 6) is 1.94. The van der Waals surface area contributed by atoms with Crippen molar-refractivity contribution in [2.45, 2.75) is 133 Å². The molecular formula is C47H77N3. The Labute approximate surface area is 310 Å². The molecule has 0 saturated carbocycles. The van der Waals surface area contributed by atoms with Gasteiger partial charge in [-0.05, 0) is 106 Å². The van der Waals surface area contributed by atoms with Crippen molar-refractivity contribution in [2.24, 2.45) is 11.8 Å². The summed E-state index contributed by atoms with van der Waals surface area (Å²) in [5, 5.41) is 12.1. The van der Waals surface area contributed by atoms with E-state index in [0.29, 0.717) is 0 Å². The smallest absolute Gasteiger partial charge is 0.0383 e. The SMILES string of the molecule is C=C(/C=C\C=C\NC(=C)c1cc(C)ccc1CC)CCCCC(CC)CCC.C=c1cc(C)cc/c1=C(\C)NC.CC.CCC1CCNCC1. The molecule has 1 unspecified atom stereocenters. The molecule has 1 heterocycles. The van der Waals surface area contributed by atoms with E-state index in [9.17, 15) is 0 Å². The third-order valence-corrected chi connectivity index (χ3v) is 9.48. The molecule has 0 bridgehead atoms. The highest BCUT2D eigenvalue weighted by molar-refractivity contribution is 5.66.